The molecule has 70 valence electrons. The van der Waals surface area contributed by atoms with Crippen molar-refractivity contribution in [1.82, 2.24) is 14.7 Å². The van der Waals surface area contributed by atoms with Gasteiger partial charge in [0.1, 0.15) is 0 Å². The van der Waals surface area contributed by atoms with E-state index < -0.39 is 0 Å². The molecule has 1 aromatic heterocycles. The molecule has 1 aromatic rings. The van der Waals surface area contributed by atoms with Gasteiger partial charge in [0.05, 0.1) is 6.04 Å². The standard InChI is InChI=1S/C9H13N3O/c1-8(13)11-6-3-9(7-11)12-5-2-4-10-12/h2,4-5,9H,3,6-7H2,1H3. The van der Waals surface area contributed by atoms with E-state index in [-0.39, 0.29) is 5.91 Å². The van der Waals surface area contributed by atoms with Gasteiger partial charge in [-0.05, 0) is 12.5 Å². The van der Waals surface area contributed by atoms with E-state index in [0.717, 1.165) is 19.5 Å². The number of carbonyl (C=O) groups excluding carboxylic acids is 1. The third-order valence-corrected chi connectivity index (χ3v) is 2.51. The number of nitrogens with zero attached hydrogens (tertiary/aromatic N) is 3. The van der Waals surface area contributed by atoms with Gasteiger partial charge < -0.3 is 4.90 Å². The fraction of sp³-hybridized carbons (Fsp3) is 0.556. The predicted octanol–water partition coefficient (Wildman–Crippen LogP) is 0.676. The summed E-state index contributed by atoms with van der Waals surface area (Å²) in [7, 11) is 0. The Kier molecular flexibility index (Phi) is 2.04. The topological polar surface area (TPSA) is 38.1 Å². The first-order chi connectivity index (χ1) is 6.27. The number of rotatable bonds is 1. The van der Waals surface area contributed by atoms with Crippen molar-refractivity contribution < 1.29 is 4.79 Å². The molecule has 1 aliphatic heterocycles. The van der Waals surface area contributed by atoms with Gasteiger partial charge in [-0.2, -0.15) is 5.10 Å². The van der Waals surface area contributed by atoms with Crippen LogP contribution in [0.1, 0.15) is 19.4 Å². The molecule has 4 nitrogen and oxygen atoms in total. The zero-order chi connectivity index (χ0) is 9.26. The lowest BCUT2D eigenvalue weighted by Gasteiger charge is -2.13. The van der Waals surface area contributed by atoms with E-state index in [1.165, 1.54) is 0 Å². The molecule has 1 fully saturated rings. The van der Waals surface area contributed by atoms with Crippen LogP contribution in [-0.4, -0.2) is 33.7 Å². The summed E-state index contributed by atoms with van der Waals surface area (Å²) in [5.41, 5.74) is 0. The van der Waals surface area contributed by atoms with Gasteiger partial charge in [0.15, 0.2) is 0 Å². The van der Waals surface area contributed by atoms with E-state index in [9.17, 15) is 4.79 Å². The van der Waals surface area contributed by atoms with Crippen molar-refractivity contribution in [2.75, 3.05) is 13.1 Å². The second-order valence-corrected chi connectivity index (χ2v) is 3.39. The summed E-state index contributed by atoms with van der Waals surface area (Å²) in [6.45, 7) is 3.28. The predicted molar refractivity (Wildman–Crippen MR) is 48.1 cm³/mol. The molecular weight excluding hydrogens is 166 g/mol. The summed E-state index contributed by atoms with van der Waals surface area (Å²) in [6, 6.07) is 2.29. The SMILES string of the molecule is CC(=O)N1CCC(n2cccn2)C1. The van der Waals surface area contributed by atoms with Crippen LogP contribution in [0.3, 0.4) is 0 Å². The van der Waals surface area contributed by atoms with E-state index in [1.807, 2.05) is 21.8 Å². The Morgan fingerprint density at radius 3 is 3.00 bits per heavy atom. The molecule has 1 saturated heterocycles. The molecular formula is C9H13N3O. The summed E-state index contributed by atoms with van der Waals surface area (Å²) in [6.07, 6.45) is 4.74. The van der Waals surface area contributed by atoms with E-state index in [4.69, 9.17) is 0 Å². The van der Waals surface area contributed by atoms with Crippen LogP contribution in [-0.2, 0) is 4.79 Å². The van der Waals surface area contributed by atoms with Crippen LogP contribution in [0.2, 0.25) is 0 Å². The number of amides is 1. The molecule has 1 atom stereocenters. The average molecular weight is 179 g/mol. The van der Waals surface area contributed by atoms with Crippen LogP contribution < -0.4 is 0 Å². The van der Waals surface area contributed by atoms with Crippen LogP contribution in [0.5, 0.6) is 0 Å². The van der Waals surface area contributed by atoms with E-state index in [2.05, 4.69) is 5.10 Å². The second kappa shape index (κ2) is 3.20. The average Bonchev–Trinajstić information content (AvgIpc) is 2.75. The van der Waals surface area contributed by atoms with E-state index in [1.54, 1.807) is 13.1 Å². The van der Waals surface area contributed by atoms with Crippen molar-refractivity contribution in [3.05, 3.63) is 18.5 Å². The van der Waals surface area contributed by atoms with Crippen molar-refractivity contribution >= 4 is 5.91 Å². The molecule has 0 radical (unpaired) electrons. The number of hydrogen-bond donors (Lipinski definition) is 0. The number of hydrogen-bond acceptors (Lipinski definition) is 2. The molecule has 0 aromatic carbocycles. The lowest BCUT2D eigenvalue weighted by atomic mass is 10.3. The van der Waals surface area contributed by atoms with Crippen LogP contribution in [0.15, 0.2) is 18.5 Å². The van der Waals surface area contributed by atoms with Crippen LogP contribution >= 0.6 is 0 Å². The molecule has 13 heavy (non-hydrogen) atoms. The third kappa shape index (κ3) is 1.56. The maximum Gasteiger partial charge on any atom is 0.219 e. The smallest absolute Gasteiger partial charge is 0.219 e. The van der Waals surface area contributed by atoms with Crippen molar-refractivity contribution in [2.24, 2.45) is 0 Å². The van der Waals surface area contributed by atoms with Gasteiger partial charge in [0.2, 0.25) is 5.91 Å². The molecule has 2 rings (SSSR count). The monoisotopic (exact) mass is 179 g/mol. The lowest BCUT2D eigenvalue weighted by Crippen LogP contribution is -2.26. The fourth-order valence-electron chi connectivity index (χ4n) is 1.74. The minimum Gasteiger partial charge on any atom is -0.341 e. The third-order valence-electron chi connectivity index (χ3n) is 2.51. The van der Waals surface area contributed by atoms with Crippen LogP contribution in [0.25, 0.3) is 0 Å². The maximum absolute atomic E-state index is 11.1. The molecule has 0 bridgehead atoms. The van der Waals surface area contributed by atoms with Gasteiger partial charge in [-0.15, -0.1) is 0 Å². The summed E-state index contributed by atoms with van der Waals surface area (Å²) < 4.78 is 1.93. The van der Waals surface area contributed by atoms with Crippen LogP contribution in [0, 0.1) is 0 Å². The van der Waals surface area contributed by atoms with Gasteiger partial charge >= 0.3 is 0 Å². The second-order valence-electron chi connectivity index (χ2n) is 3.39. The molecule has 1 amide bonds. The molecule has 1 aliphatic rings. The molecule has 2 heterocycles. The largest absolute Gasteiger partial charge is 0.341 e. The Hall–Kier alpha value is -1.32. The first kappa shape index (κ1) is 8.29. The minimum atomic E-state index is 0.162. The summed E-state index contributed by atoms with van der Waals surface area (Å²) >= 11 is 0. The molecule has 4 heteroatoms. The quantitative estimate of drug-likeness (QED) is 0.635. The Labute approximate surface area is 77.1 Å². The first-order valence-corrected chi connectivity index (χ1v) is 4.52. The van der Waals surface area contributed by atoms with Gasteiger partial charge in [0, 0.05) is 32.4 Å². The maximum atomic E-state index is 11.1. The van der Waals surface area contributed by atoms with E-state index >= 15 is 0 Å². The van der Waals surface area contributed by atoms with Crippen molar-refractivity contribution in [3.8, 4) is 0 Å². The molecule has 0 spiro atoms. The van der Waals surface area contributed by atoms with E-state index in [0.29, 0.717) is 6.04 Å². The highest BCUT2D eigenvalue weighted by molar-refractivity contribution is 5.73. The van der Waals surface area contributed by atoms with Crippen molar-refractivity contribution in [2.45, 2.75) is 19.4 Å². The Morgan fingerprint density at radius 1 is 1.62 bits per heavy atom. The Bertz CT molecular complexity index is 294. The number of likely N-dealkylation sites (tertiary alicyclic amines) is 1. The van der Waals surface area contributed by atoms with Gasteiger partial charge in [-0.1, -0.05) is 0 Å². The summed E-state index contributed by atoms with van der Waals surface area (Å²) in [5.74, 6) is 0.162. The lowest BCUT2D eigenvalue weighted by molar-refractivity contribution is -0.127. The number of aromatic nitrogens is 2. The Morgan fingerprint density at radius 2 is 2.46 bits per heavy atom. The van der Waals surface area contributed by atoms with Crippen molar-refractivity contribution in [1.29, 1.82) is 0 Å². The van der Waals surface area contributed by atoms with Gasteiger partial charge in [-0.25, -0.2) is 0 Å². The first-order valence-electron chi connectivity index (χ1n) is 4.52. The van der Waals surface area contributed by atoms with Gasteiger partial charge in [-0.3, -0.25) is 9.48 Å². The van der Waals surface area contributed by atoms with Crippen molar-refractivity contribution in [3.63, 3.8) is 0 Å². The normalized spacial score (nSPS) is 22.2. The summed E-state index contributed by atoms with van der Waals surface area (Å²) in [4.78, 5) is 12.9. The molecule has 0 N–H and O–H groups in total. The molecule has 0 aliphatic carbocycles. The molecule has 0 saturated carbocycles. The zero-order valence-electron chi connectivity index (χ0n) is 7.68. The number of carbonyl (C=O) groups is 1. The highest BCUT2D eigenvalue weighted by atomic mass is 16.2. The fourth-order valence-corrected chi connectivity index (χ4v) is 1.74. The molecule has 1 unspecified atom stereocenters. The Balaban J connectivity index is 2.03. The highest BCUT2D eigenvalue weighted by Crippen LogP contribution is 2.20. The van der Waals surface area contributed by atoms with Crippen LogP contribution in [0.4, 0.5) is 0 Å². The minimum absolute atomic E-state index is 0.162. The van der Waals surface area contributed by atoms with Gasteiger partial charge in [0.25, 0.3) is 0 Å². The summed E-state index contributed by atoms with van der Waals surface area (Å²) in [5, 5.41) is 4.17. The highest BCUT2D eigenvalue weighted by Gasteiger charge is 2.25. The zero-order valence-corrected chi connectivity index (χ0v) is 7.68.